The third-order valence-corrected chi connectivity index (χ3v) is 4.33. The predicted molar refractivity (Wildman–Crippen MR) is 76.8 cm³/mol. The van der Waals surface area contributed by atoms with Crippen LogP contribution in [-0.2, 0) is 22.3 Å². The Morgan fingerprint density at radius 3 is 3.00 bits per heavy atom. The molecular weight excluding hydrogens is 301 g/mol. The van der Waals surface area contributed by atoms with Crippen molar-refractivity contribution in [1.82, 2.24) is 0 Å². The van der Waals surface area contributed by atoms with Gasteiger partial charge in [-0.2, -0.15) is 0 Å². The van der Waals surface area contributed by atoms with Gasteiger partial charge >= 0.3 is 6.09 Å². The van der Waals surface area contributed by atoms with Gasteiger partial charge in [0.25, 0.3) is 0 Å². The summed E-state index contributed by atoms with van der Waals surface area (Å²) in [7, 11) is 0. The van der Waals surface area contributed by atoms with E-state index in [4.69, 9.17) is 32.7 Å². The van der Waals surface area contributed by atoms with Gasteiger partial charge in [-0.25, -0.2) is 4.79 Å². The fourth-order valence-electron chi connectivity index (χ4n) is 2.75. The lowest BCUT2D eigenvalue weighted by molar-refractivity contribution is 0.140. The van der Waals surface area contributed by atoms with E-state index in [9.17, 15) is 4.79 Å². The summed E-state index contributed by atoms with van der Waals surface area (Å²) in [5, 5.41) is 0.889. The minimum Gasteiger partial charge on any atom is -0.478 e. The zero-order valence-electron chi connectivity index (χ0n) is 10.9. The van der Waals surface area contributed by atoms with E-state index < -0.39 is 12.2 Å². The van der Waals surface area contributed by atoms with Crippen molar-refractivity contribution >= 4 is 35.2 Å². The number of ether oxygens (including phenoxy) is 2. The Morgan fingerprint density at radius 2 is 2.25 bits per heavy atom. The molecule has 1 unspecified atom stereocenters. The lowest BCUT2D eigenvalue weighted by atomic mass is 9.98. The monoisotopic (exact) mass is 313 g/mol. The van der Waals surface area contributed by atoms with E-state index in [2.05, 4.69) is 4.99 Å². The number of nitrogens with zero attached hydrogens (tertiary/aromatic N) is 1. The standard InChI is InChI=1S/C14H13Cl2NO3/c1-2-19-13-12(20-14(18)17-13)10-8-5-3-4-7(8)6-9(15)11(10)16/h6,12H,2-5H2,1H3. The van der Waals surface area contributed by atoms with Gasteiger partial charge in [0.15, 0.2) is 0 Å². The first-order valence-corrected chi connectivity index (χ1v) is 7.29. The number of amides is 1. The van der Waals surface area contributed by atoms with Crippen LogP contribution < -0.4 is 0 Å². The first kappa shape index (κ1) is 13.7. The average molecular weight is 314 g/mol. The van der Waals surface area contributed by atoms with Crippen LogP contribution in [0.15, 0.2) is 11.1 Å². The van der Waals surface area contributed by atoms with Crippen LogP contribution in [0.1, 0.15) is 36.1 Å². The molecule has 0 aromatic heterocycles. The van der Waals surface area contributed by atoms with E-state index in [-0.39, 0.29) is 5.90 Å². The highest BCUT2D eigenvalue weighted by molar-refractivity contribution is 6.42. The maximum atomic E-state index is 11.4. The lowest BCUT2D eigenvalue weighted by Gasteiger charge is -2.18. The molecule has 1 aromatic carbocycles. The molecule has 4 nitrogen and oxygen atoms in total. The summed E-state index contributed by atoms with van der Waals surface area (Å²) < 4.78 is 10.7. The van der Waals surface area contributed by atoms with Crippen LogP contribution in [0.3, 0.4) is 0 Å². The maximum absolute atomic E-state index is 11.4. The Morgan fingerprint density at radius 1 is 1.45 bits per heavy atom. The van der Waals surface area contributed by atoms with Gasteiger partial charge in [-0.15, -0.1) is 4.99 Å². The van der Waals surface area contributed by atoms with Crippen LogP contribution in [-0.4, -0.2) is 18.6 Å². The molecule has 0 radical (unpaired) electrons. The molecule has 0 saturated heterocycles. The molecule has 6 heteroatoms. The third kappa shape index (κ3) is 2.17. The Hall–Kier alpha value is -1.26. The Bertz CT molecular complexity index is 613. The zero-order valence-corrected chi connectivity index (χ0v) is 12.4. The van der Waals surface area contributed by atoms with Gasteiger partial charge in [0, 0.05) is 5.56 Å². The quantitative estimate of drug-likeness (QED) is 0.825. The van der Waals surface area contributed by atoms with Crippen LogP contribution in [0.25, 0.3) is 0 Å². The average Bonchev–Trinajstić information content (AvgIpc) is 2.98. The summed E-state index contributed by atoms with van der Waals surface area (Å²) in [6, 6.07) is 1.89. The molecule has 20 heavy (non-hydrogen) atoms. The largest absolute Gasteiger partial charge is 0.478 e. The number of halogens is 2. The minimum atomic E-state index is -0.680. The number of carbonyl (C=O) groups is 1. The van der Waals surface area contributed by atoms with Crippen molar-refractivity contribution in [2.45, 2.75) is 32.3 Å². The smallest absolute Gasteiger partial charge is 0.437 e. The fraction of sp³-hybridized carbons (Fsp3) is 0.429. The van der Waals surface area contributed by atoms with Crippen LogP contribution >= 0.6 is 23.2 Å². The minimum absolute atomic E-state index is 0.260. The maximum Gasteiger partial charge on any atom is 0.437 e. The van der Waals surface area contributed by atoms with Crippen molar-refractivity contribution < 1.29 is 14.3 Å². The van der Waals surface area contributed by atoms with Gasteiger partial charge in [0.2, 0.25) is 12.0 Å². The Balaban J connectivity index is 2.11. The Kier molecular flexibility index (Phi) is 3.61. The molecule has 1 amide bonds. The van der Waals surface area contributed by atoms with Crippen molar-refractivity contribution in [1.29, 1.82) is 0 Å². The number of fused-ring (bicyclic) bond motifs is 1. The molecule has 0 spiro atoms. The summed E-state index contributed by atoms with van der Waals surface area (Å²) in [6.07, 6.45) is 1.57. The van der Waals surface area contributed by atoms with Gasteiger partial charge in [0.1, 0.15) is 0 Å². The highest BCUT2D eigenvalue weighted by atomic mass is 35.5. The molecule has 0 bridgehead atoms. The van der Waals surface area contributed by atoms with Crippen molar-refractivity contribution in [2.24, 2.45) is 4.99 Å². The summed E-state index contributed by atoms with van der Waals surface area (Å²) >= 11 is 12.5. The number of hydrogen-bond donors (Lipinski definition) is 0. The van der Waals surface area contributed by atoms with Gasteiger partial charge < -0.3 is 9.47 Å². The van der Waals surface area contributed by atoms with E-state index in [1.54, 1.807) is 0 Å². The number of aryl methyl sites for hydroxylation is 1. The van der Waals surface area contributed by atoms with Crippen LogP contribution in [0.4, 0.5) is 4.79 Å². The predicted octanol–water partition coefficient (Wildman–Crippen LogP) is 4.11. The summed E-state index contributed by atoms with van der Waals surface area (Å²) in [4.78, 5) is 15.2. The van der Waals surface area contributed by atoms with Gasteiger partial charge in [-0.1, -0.05) is 23.2 Å². The highest BCUT2D eigenvalue weighted by Gasteiger charge is 2.37. The normalized spacial score (nSPS) is 20.6. The first-order chi connectivity index (χ1) is 9.61. The van der Waals surface area contributed by atoms with E-state index in [0.717, 1.165) is 36.0 Å². The summed E-state index contributed by atoms with van der Waals surface area (Å²) in [6.45, 7) is 2.23. The van der Waals surface area contributed by atoms with Gasteiger partial charge in [-0.05, 0) is 43.4 Å². The van der Waals surface area contributed by atoms with Crippen molar-refractivity contribution in [2.75, 3.05) is 6.61 Å². The SMILES string of the molecule is CCOC1=NC(=O)OC1c1c(Cl)c(Cl)cc2c1CCC2. The molecule has 3 rings (SSSR count). The second-order valence-electron chi connectivity index (χ2n) is 4.72. The lowest BCUT2D eigenvalue weighted by Crippen LogP contribution is -2.16. The molecule has 1 aliphatic heterocycles. The number of hydrogen-bond acceptors (Lipinski definition) is 3. The molecule has 2 aliphatic rings. The number of benzene rings is 1. The van der Waals surface area contributed by atoms with Gasteiger partial charge in [-0.3, -0.25) is 0 Å². The summed E-state index contributed by atoms with van der Waals surface area (Å²) in [5.74, 6) is 0.260. The van der Waals surface area contributed by atoms with E-state index in [1.807, 2.05) is 13.0 Å². The van der Waals surface area contributed by atoms with Crippen LogP contribution in [0.5, 0.6) is 0 Å². The molecule has 1 aromatic rings. The first-order valence-electron chi connectivity index (χ1n) is 6.53. The number of rotatable bonds is 2. The molecule has 106 valence electrons. The van der Waals surface area contributed by atoms with Crippen molar-refractivity contribution in [3.63, 3.8) is 0 Å². The summed E-state index contributed by atoms with van der Waals surface area (Å²) in [5.41, 5.74) is 2.99. The van der Waals surface area contributed by atoms with Gasteiger partial charge in [0.05, 0.1) is 16.7 Å². The number of aliphatic imine (C=N–C) groups is 1. The number of cyclic esters (lactones) is 1. The molecule has 0 saturated carbocycles. The Labute approximate surface area is 126 Å². The fourth-order valence-corrected chi connectivity index (χ4v) is 3.25. The topological polar surface area (TPSA) is 47.9 Å². The van der Waals surface area contributed by atoms with Crippen molar-refractivity contribution in [3.8, 4) is 0 Å². The molecule has 1 heterocycles. The molecule has 1 aliphatic carbocycles. The second-order valence-corrected chi connectivity index (χ2v) is 5.51. The molecule has 0 N–H and O–H groups in total. The van der Waals surface area contributed by atoms with Crippen LogP contribution in [0.2, 0.25) is 10.0 Å². The zero-order chi connectivity index (χ0) is 14.3. The molecule has 0 fully saturated rings. The van der Waals surface area contributed by atoms with Crippen LogP contribution in [0, 0.1) is 0 Å². The van der Waals surface area contributed by atoms with Crippen molar-refractivity contribution in [3.05, 3.63) is 32.8 Å². The number of carbonyl (C=O) groups excluding carboxylic acids is 1. The van der Waals surface area contributed by atoms with E-state index in [1.165, 1.54) is 0 Å². The van der Waals surface area contributed by atoms with E-state index in [0.29, 0.717) is 16.7 Å². The molecule has 1 atom stereocenters. The second kappa shape index (κ2) is 5.26. The highest BCUT2D eigenvalue weighted by Crippen LogP contribution is 2.42. The molecular formula is C14H13Cl2NO3. The van der Waals surface area contributed by atoms with E-state index >= 15 is 0 Å². The third-order valence-electron chi connectivity index (χ3n) is 3.53.